The number of ether oxygens (including phenoxy) is 5. The van der Waals surface area contributed by atoms with Crippen molar-refractivity contribution in [2.24, 2.45) is 4.99 Å². The van der Waals surface area contributed by atoms with Crippen molar-refractivity contribution >= 4 is 34.9 Å². The van der Waals surface area contributed by atoms with Gasteiger partial charge in [0, 0.05) is 26.5 Å². The molecule has 2 aliphatic rings. The second kappa shape index (κ2) is 19.3. The Bertz CT molecular complexity index is 776. The number of hydrogen-bond acceptors (Lipinski definition) is 10. The first kappa shape index (κ1) is 33.4. The van der Waals surface area contributed by atoms with Gasteiger partial charge in [0.15, 0.2) is 24.5 Å². The fraction of sp³-hybridized carbons (Fsp3) is 0.862. The molecule has 0 spiro atoms. The molecule has 39 heavy (non-hydrogen) atoms. The molecule has 0 radical (unpaired) electrons. The van der Waals surface area contributed by atoms with Crippen LogP contribution in [-0.4, -0.2) is 66.1 Å². The maximum absolute atomic E-state index is 11.8. The summed E-state index contributed by atoms with van der Waals surface area (Å²) in [4.78, 5) is 39.5. The van der Waals surface area contributed by atoms with Crippen molar-refractivity contribution < 1.29 is 38.1 Å². The Morgan fingerprint density at radius 3 is 1.77 bits per heavy atom. The van der Waals surface area contributed by atoms with Crippen LogP contribution in [0.2, 0.25) is 0 Å². The van der Waals surface area contributed by atoms with E-state index >= 15 is 0 Å². The predicted molar refractivity (Wildman–Crippen MR) is 151 cm³/mol. The summed E-state index contributed by atoms with van der Waals surface area (Å²) >= 11 is 1.50. The van der Waals surface area contributed by atoms with Crippen LogP contribution in [-0.2, 0) is 38.1 Å². The SMILES string of the molecule is CCCCCCCCCCCCCCCCSC1=N[C@H]2O[C@H](COC(C)=O)[C@@H](OC(C)=O)[C@H](OC(C)=O)[C@H]2O1. The van der Waals surface area contributed by atoms with Crippen molar-refractivity contribution in [1.82, 2.24) is 0 Å². The smallest absolute Gasteiger partial charge is 0.303 e. The zero-order valence-corrected chi connectivity index (χ0v) is 25.1. The van der Waals surface area contributed by atoms with Gasteiger partial charge in [0.25, 0.3) is 0 Å². The fourth-order valence-electron chi connectivity index (χ4n) is 4.90. The number of rotatable bonds is 19. The highest BCUT2D eigenvalue weighted by molar-refractivity contribution is 8.13. The molecule has 0 aromatic heterocycles. The summed E-state index contributed by atoms with van der Waals surface area (Å²) in [5.41, 5.74) is 0. The standard InChI is InChI=1S/C29H49NO8S/c1-5-6-7-8-9-10-11-12-13-14-15-16-17-18-19-39-29-30-28-27(38-29)26(36-23(4)33)25(35-22(3)32)24(37-28)20-34-21(2)31/h24-28H,5-20H2,1-4H3/t24-,25-,26+,27-,28+/m1/s1. The molecule has 0 bridgehead atoms. The lowest BCUT2D eigenvalue weighted by Gasteiger charge is -2.40. The lowest BCUT2D eigenvalue weighted by molar-refractivity contribution is -0.236. The van der Waals surface area contributed by atoms with Gasteiger partial charge in [-0.25, -0.2) is 4.99 Å². The van der Waals surface area contributed by atoms with Gasteiger partial charge in [0.05, 0.1) is 0 Å². The maximum atomic E-state index is 11.8. The van der Waals surface area contributed by atoms with Gasteiger partial charge in [-0.3, -0.25) is 14.4 Å². The number of carbonyl (C=O) groups is 3. The summed E-state index contributed by atoms with van der Waals surface area (Å²) in [6.45, 7) is 5.91. The molecule has 2 heterocycles. The van der Waals surface area contributed by atoms with Crippen molar-refractivity contribution in [3.05, 3.63) is 0 Å². The first-order valence-corrected chi connectivity index (χ1v) is 15.8. The van der Waals surface area contributed by atoms with E-state index in [2.05, 4.69) is 11.9 Å². The molecule has 224 valence electrons. The van der Waals surface area contributed by atoms with Crippen LogP contribution in [0.25, 0.3) is 0 Å². The molecular weight excluding hydrogens is 522 g/mol. The van der Waals surface area contributed by atoms with Crippen molar-refractivity contribution in [3.63, 3.8) is 0 Å². The number of hydrogen-bond donors (Lipinski definition) is 0. The lowest BCUT2D eigenvalue weighted by Crippen LogP contribution is -2.60. The molecule has 5 atom stereocenters. The van der Waals surface area contributed by atoms with Crippen molar-refractivity contribution in [2.75, 3.05) is 12.4 Å². The second-order valence-electron chi connectivity index (χ2n) is 10.4. The van der Waals surface area contributed by atoms with Crippen LogP contribution in [0.5, 0.6) is 0 Å². The van der Waals surface area contributed by atoms with Crippen molar-refractivity contribution in [3.8, 4) is 0 Å². The zero-order chi connectivity index (χ0) is 28.5. The molecule has 0 aromatic rings. The highest BCUT2D eigenvalue weighted by atomic mass is 32.2. The number of carbonyl (C=O) groups excluding carboxylic acids is 3. The van der Waals surface area contributed by atoms with Crippen LogP contribution in [0.4, 0.5) is 0 Å². The normalized spacial score (nSPS) is 23.9. The van der Waals surface area contributed by atoms with Crippen LogP contribution in [0.15, 0.2) is 4.99 Å². The molecule has 2 rings (SSSR count). The zero-order valence-electron chi connectivity index (χ0n) is 24.3. The molecule has 1 saturated heterocycles. The van der Waals surface area contributed by atoms with Gasteiger partial charge < -0.3 is 23.7 Å². The molecule has 0 aromatic carbocycles. The monoisotopic (exact) mass is 571 g/mol. The van der Waals surface area contributed by atoms with Crippen molar-refractivity contribution in [2.45, 2.75) is 148 Å². The Morgan fingerprint density at radius 2 is 1.26 bits per heavy atom. The summed E-state index contributed by atoms with van der Waals surface area (Å²) in [6.07, 6.45) is 14.1. The van der Waals surface area contributed by atoms with Crippen LogP contribution in [0, 0.1) is 0 Å². The van der Waals surface area contributed by atoms with Gasteiger partial charge in [-0.1, -0.05) is 102 Å². The van der Waals surface area contributed by atoms with E-state index < -0.39 is 48.6 Å². The summed E-state index contributed by atoms with van der Waals surface area (Å²) < 4.78 is 28.0. The average molecular weight is 572 g/mol. The summed E-state index contributed by atoms with van der Waals surface area (Å²) in [7, 11) is 0. The predicted octanol–water partition coefficient (Wildman–Crippen LogP) is 6.11. The van der Waals surface area contributed by atoms with E-state index in [4.69, 9.17) is 23.7 Å². The maximum Gasteiger partial charge on any atom is 0.303 e. The van der Waals surface area contributed by atoms with E-state index in [9.17, 15) is 14.4 Å². The van der Waals surface area contributed by atoms with E-state index in [0.717, 1.165) is 18.6 Å². The number of thioether (sulfide) groups is 1. The first-order chi connectivity index (χ1) is 18.8. The molecule has 9 nitrogen and oxygen atoms in total. The van der Waals surface area contributed by atoms with E-state index in [1.165, 1.54) is 110 Å². The molecule has 0 amide bonds. The van der Waals surface area contributed by atoms with Crippen LogP contribution in [0.1, 0.15) is 118 Å². The fourth-order valence-corrected chi connectivity index (χ4v) is 5.78. The first-order valence-electron chi connectivity index (χ1n) is 14.8. The Labute approximate surface area is 238 Å². The van der Waals surface area contributed by atoms with Gasteiger partial charge in [-0.05, 0) is 6.42 Å². The molecule has 0 unspecified atom stereocenters. The average Bonchev–Trinajstić information content (AvgIpc) is 3.28. The van der Waals surface area contributed by atoms with E-state index in [1.54, 1.807) is 0 Å². The van der Waals surface area contributed by atoms with Gasteiger partial charge in [0.1, 0.15) is 12.7 Å². The third-order valence-electron chi connectivity index (χ3n) is 6.86. The van der Waals surface area contributed by atoms with E-state index in [-0.39, 0.29) is 6.61 Å². The molecule has 10 heteroatoms. The van der Waals surface area contributed by atoms with E-state index in [0.29, 0.717) is 5.23 Å². The quantitative estimate of drug-likeness (QED) is 0.103. The number of aliphatic imine (C=N–C) groups is 1. The summed E-state index contributed by atoms with van der Waals surface area (Å²) in [6, 6.07) is 0. The number of esters is 3. The van der Waals surface area contributed by atoms with Gasteiger partial charge in [-0.2, -0.15) is 0 Å². The van der Waals surface area contributed by atoms with Crippen LogP contribution >= 0.6 is 11.8 Å². The van der Waals surface area contributed by atoms with Crippen molar-refractivity contribution in [1.29, 1.82) is 0 Å². The lowest BCUT2D eigenvalue weighted by atomic mass is 9.98. The largest absolute Gasteiger partial charge is 0.463 e. The number of unbranched alkanes of at least 4 members (excludes halogenated alkanes) is 13. The Morgan fingerprint density at radius 1 is 0.744 bits per heavy atom. The topological polar surface area (TPSA) is 110 Å². The third-order valence-corrected chi connectivity index (χ3v) is 7.80. The summed E-state index contributed by atoms with van der Waals surface area (Å²) in [5, 5.41) is 0.464. The highest BCUT2D eigenvalue weighted by Gasteiger charge is 2.54. The third kappa shape index (κ3) is 13.4. The molecular formula is C29H49NO8S. The minimum Gasteiger partial charge on any atom is -0.463 e. The molecule has 2 aliphatic heterocycles. The molecule has 0 saturated carbocycles. The Balaban J connectivity index is 1.68. The molecule has 0 N–H and O–H groups in total. The minimum atomic E-state index is -0.989. The van der Waals surface area contributed by atoms with Gasteiger partial charge >= 0.3 is 17.9 Å². The second-order valence-corrected chi connectivity index (χ2v) is 11.5. The highest BCUT2D eigenvalue weighted by Crippen LogP contribution is 2.34. The Hall–Kier alpha value is -1.81. The minimum absolute atomic E-state index is 0.161. The van der Waals surface area contributed by atoms with Crippen LogP contribution in [0.3, 0.4) is 0 Å². The van der Waals surface area contributed by atoms with Gasteiger partial charge in [0.2, 0.25) is 5.23 Å². The summed E-state index contributed by atoms with van der Waals surface area (Å²) in [5.74, 6) is -0.755. The molecule has 1 fully saturated rings. The van der Waals surface area contributed by atoms with E-state index in [1.807, 2.05) is 0 Å². The Kier molecular flexibility index (Phi) is 16.5. The number of fused-ring (bicyclic) bond motifs is 1. The molecule has 0 aliphatic carbocycles. The number of nitrogens with zero attached hydrogens (tertiary/aromatic N) is 1. The van der Waals surface area contributed by atoms with Gasteiger partial charge in [-0.15, -0.1) is 0 Å². The van der Waals surface area contributed by atoms with Crippen LogP contribution < -0.4 is 0 Å².